The lowest BCUT2D eigenvalue weighted by Gasteiger charge is -2.20. The number of nitrogens with zero attached hydrogens (tertiary/aromatic N) is 1. The second kappa shape index (κ2) is 8.15. The second-order valence-electron chi connectivity index (χ2n) is 4.79. The summed E-state index contributed by atoms with van der Waals surface area (Å²) in [7, 11) is 0. The van der Waals surface area contributed by atoms with Gasteiger partial charge in [0.1, 0.15) is 5.82 Å². The lowest BCUT2D eigenvalue weighted by molar-refractivity contribution is 0.543. The molecule has 0 amide bonds. The summed E-state index contributed by atoms with van der Waals surface area (Å²) in [6, 6.07) is 9.97. The molecule has 0 saturated heterocycles. The smallest absolute Gasteiger partial charge is 0.146 e. The normalized spacial score (nSPS) is 12.3. The standard InChI is InChI=1S/C17H21FN2S/c1-3-10-20-17(15-9-11-19-12-16(15)18)13-5-7-14(8-6-13)21-4-2/h5-9,11-12,17,20H,3-4,10H2,1-2H3. The predicted octanol–water partition coefficient (Wildman–Crippen LogP) is 4.42. The predicted molar refractivity (Wildman–Crippen MR) is 87.2 cm³/mol. The molecule has 21 heavy (non-hydrogen) atoms. The fourth-order valence-electron chi connectivity index (χ4n) is 2.24. The van der Waals surface area contributed by atoms with Gasteiger partial charge < -0.3 is 5.32 Å². The quantitative estimate of drug-likeness (QED) is 0.766. The number of benzene rings is 1. The zero-order chi connectivity index (χ0) is 15.1. The van der Waals surface area contributed by atoms with Crippen LogP contribution in [-0.4, -0.2) is 17.3 Å². The fraction of sp³-hybridized carbons (Fsp3) is 0.353. The van der Waals surface area contributed by atoms with Crippen molar-refractivity contribution in [2.24, 2.45) is 0 Å². The number of hydrogen-bond donors (Lipinski definition) is 1. The van der Waals surface area contributed by atoms with Gasteiger partial charge in [0.15, 0.2) is 0 Å². The Kier molecular flexibility index (Phi) is 6.21. The molecule has 1 aromatic carbocycles. The summed E-state index contributed by atoms with van der Waals surface area (Å²) in [6.45, 7) is 5.09. The lowest BCUT2D eigenvalue weighted by atomic mass is 9.99. The summed E-state index contributed by atoms with van der Waals surface area (Å²) < 4.78 is 14.0. The Balaban J connectivity index is 2.29. The molecule has 4 heteroatoms. The molecule has 0 saturated carbocycles. The molecule has 2 rings (SSSR count). The van der Waals surface area contributed by atoms with E-state index in [1.54, 1.807) is 12.3 Å². The van der Waals surface area contributed by atoms with Crippen LogP contribution in [0, 0.1) is 5.82 Å². The highest BCUT2D eigenvalue weighted by Crippen LogP contribution is 2.26. The van der Waals surface area contributed by atoms with Crippen LogP contribution in [0.3, 0.4) is 0 Å². The minimum atomic E-state index is -0.266. The Morgan fingerprint density at radius 2 is 1.95 bits per heavy atom. The van der Waals surface area contributed by atoms with Gasteiger partial charge in [-0.05, 0) is 42.5 Å². The molecule has 2 aromatic rings. The van der Waals surface area contributed by atoms with E-state index in [0.29, 0.717) is 5.56 Å². The number of hydrogen-bond acceptors (Lipinski definition) is 3. The van der Waals surface area contributed by atoms with E-state index in [-0.39, 0.29) is 11.9 Å². The molecule has 2 nitrogen and oxygen atoms in total. The van der Waals surface area contributed by atoms with Gasteiger partial charge in [0.25, 0.3) is 0 Å². The van der Waals surface area contributed by atoms with Crippen molar-refractivity contribution in [2.45, 2.75) is 31.2 Å². The van der Waals surface area contributed by atoms with E-state index in [9.17, 15) is 4.39 Å². The van der Waals surface area contributed by atoms with Gasteiger partial charge in [0.05, 0.1) is 12.2 Å². The van der Waals surface area contributed by atoms with Crippen LogP contribution in [0.15, 0.2) is 47.6 Å². The SMILES string of the molecule is CCCNC(c1ccc(SCC)cc1)c1ccncc1F. The average molecular weight is 304 g/mol. The van der Waals surface area contributed by atoms with Crippen LogP contribution < -0.4 is 5.32 Å². The van der Waals surface area contributed by atoms with Gasteiger partial charge in [-0.25, -0.2) is 4.39 Å². The number of pyridine rings is 1. The molecule has 0 radical (unpaired) electrons. The van der Waals surface area contributed by atoms with E-state index in [1.807, 2.05) is 11.8 Å². The average Bonchev–Trinajstić information content (AvgIpc) is 2.51. The monoisotopic (exact) mass is 304 g/mol. The van der Waals surface area contributed by atoms with Crippen LogP contribution >= 0.6 is 11.8 Å². The van der Waals surface area contributed by atoms with Crippen molar-refractivity contribution >= 4 is 11.8 Å². The number of halogens is 1. The number of thioether (sulfide) groups is 1. The first kappa shape index (κ1) is 16.0. The Morgan fingerprint density at radius 3 is 2.57 bits per heavy atom. The summed E-state index contributed by atoms with van der Waals surface area (Å²) in [5, 5.41) is 3.42. The third kappa shape index (κ3) is 4.29. The molecule has 1 N–H and O–H groups in total. The topological polar surface area (TPSA) is 24.9 Å². The molecule has 1 unspecified atom stereocenters. The Morgan fingerprint density at radius 1 is 1.19 bits per heavy atom. The molecular weight excluding hydrogens is 283 g/mol. The number of nitrogens with one attached hydrogen (secondary N) is 1. The van der Waals surface area contributed by atoms with Crippen molar-refractivity contribution in [2.75, 3.05) is 12.3 Å². The highest BCUT2D eigenvalue weighted by molar-refractivity contribution is 7.99. The molecule has 0 spiro atoms. The van der Waals surface area contributed by atoms with E-state index in [0.717, 1.165) is 24.3 Å². The van der Waals surface area contributed by atoms with Gasteiger partial charge in [0, 0.05) is 16.7 Å². The van der Waals surface area contributed by atoms with E-state index in [2.05, 4.69) is 48.4 Å². The van der Waals surface area contributed by atoms with Gasteiger partial charge in [-0.1, -0.05) is 26.0 Å². The molecular formula is C17H21FN2S. The summed E-state index contributed by atoms with van der Waals surface area (Å²) in [5.74, 6) is 0.786. The third-order valence-electron chi connectivity index (χ3n) is 3.24. The summed E-state index contributed by atoms with van der Waals surface area (Å²) in [6.07, 6.45) is 3.92. The van der Waals surface area contributed by atoms with Crippen LogP contribution in [0.2, 0.25) is 0 Å². The first-order chi connectivity index (χ1) is 10.3. The zero-order valence-corrected chi connectivity index (χ0v) is 13.3. The summed E-state index contributed by atoms with van der Waals surface area (Å²) in [4.78, 5) is 5.07. The second-order valence-corrected chi connectivity index (χ2v) is 6.12. The molecule has 1 aromatic heterocycles. The molecule has 0 aliphatic heterocycles. The minimum Gasteiger partial charge on any atom is -0.306 e. The Bertz CT molecular complexity index is 557. The summed E-state index contributed by atoms with van der Waals surface area (Å²) in [5.41, 5.74) is 1.73. The van der Waals surface area contributed by atoms with E-state index in [1.165, 1.54) is 11.1 Å². The highest BCUT2D eigenvalue weighted by Gasteiger charge is 2.17. The molecule has 1 atom stereocenters. The number of rotatable bonds is 7. The van der Waals surface area contributed by atoms with Crippen molar-refractivity contribution in [3.8, 4) is 0 Å². The van der Waals surface area contributed by atoms with Crippen molar-refractivity contribution < 1.29 is 4.39 Å². The molecule has 0 aliphatic carbocycles. The molecule has 0 aliphatic rings. The van der Waals surface area contributed by atoms with Crippen LogP contribution in [0.1, 0.15) is 37.4 Å². The molecule has 1 heterocycles. The molecule has 0 fully saturated rings. The maximum absolute atomic E-state index is 14.0. The van der Waals surface area contributed by atoms with Crippen LogP contribution in [0.5, 0.6) is 0 Å². The number of aromatic nitrogens is 1. The summed E-state index contributed by atoms with van der Waals surface area (Å²) >= 11 is 1.81. The van der Waals surface area contributed by atoms with Crippen molar-refractivity contribution in [3.05, 3.63) is 59.7 Å². The first-order valence-corrected chi connectivity index (χ1v) is 8.30. The van der Waals surface area contributed by atoms with E-state index >= 15 is 0 Å². The van der Waals surface area contributed by atoms with Crippen LogP contribution in [-0.2, 0) is 0 Å². The molecule has 112 valence electrons. The van der Waals surface area contributed by atoms with Gasteiger partial charge in [-0.3, -0.25) is 4.98 Å². The van der Waals surface area contributed by atoms with Gasteiger partial charge in [0.2, 0.25) is 0 Å². The Hall–Kier alpha value is -1.39. The zero-order valence-electron chi connectivity index (χ0n) is 12.5. The molecule has 0 bridgehead atoms. The van der Waals surface area contributed by atoms with Crippen LogP contribution in [0.4, 0.5) is 4.39 Å². The van der Waals surface area contributed by atoms with Gasteiger partial charge in [-0.2, -0.15) is 0 Å². The third-order valence-corrected chi connectivity index (χ3v) is 4.13. The van der Waals surface area contributed by atoms with E-state index in [4.69, 9.17) is 0 Å². The van der Waals surface area contributed by atoms with Crippen LogP contribution in [0.25, 0.3) is 0 Å². The minimum absolute atomic E-state index is 0.131. The van der Waals surface area contributed by atoms with E-state index < -0.39 is 0 Å². The van der Waals surface area contributed by atoms with Crippen molar-refractivity contribution in [1.29, 1.82) is 0 Å². The highest BCUT2D eigenvalue weighted by atomic mass is 32.2. The largest absolute Gasteiger partial charge is 0.306 e. The fourth-order valence-corrected chi connectivity index (χ4v) is 2.90. The van der Waals surface area contributed by atoms with Crippen molar-refractivity contribution in [1.82, 2.24) is 10.3 Å². The lowest BCUT2D eigenvalue weighted by Crippen LogP contribution is -2.24. The first-order valence-electron chi connectivity index (χ1n) is 7.31. The van der Waals surface area contributed by atoms with Gasteiger partial charge in [-0.15, -0.1) is 11.8 Å². The Labute approximate surface area is 130 Å². The maximum atomic E-state index is 14.0. The maximum Gasteiger partial charge on any atom is 0.146 e. The van der Waals surface area contributed by atoms with Gasteiger partial charge >= 0.3 is 0 Å². The van der Waals surface area contributed by atoms with Crippen molar-refractivity contribution in [3.63, 3.8) is 0 Å².